The van der Waals surface area contributed by atoms with Crippen LogP contribution in [0.15, 0.2) is 69.3 Å². The van der Waals surface area contributed by atoms with Gasteiger partial charge in [-0.2, -0.15) is 4.39 Å². The third kappa shape index (κ3) is 5.12. The number of methoxy groups -OCH3 is 2. The highest BCUT2D eigenvalue weighted by Gasteiger charge is 2.31. The molecule has 0 aliphatic carbocycles. The van der Waals surface area contributed by atoms with Crippen LogP contribution in [-0.2, 0) is 16.3 Å². The highest BCUT2D eigenvalue weighted by molar-refractivity contribution is 7.91. The minimum atomic E-state index is -4.49. The number of ether oxygens (including phenoxy) is 2. The second-order valence-electron chi connectivity index (χ2n) is 8.93. The van der Waals surface area contributed by atoms with Crippen molar-refractivity contribution < 1.29 is 27.4 Å². The van der Waals surface area contributed by atoms with Gasteiger partial charge in [0, 0.05) is 17.5 Å². The number of unbranched alkanes of at least 4 members (excludes halogenated alkanes) is 1. The second kappa shape index (κ2) is 11.3. The van der Waals surface area contributed by atoms with Crippen LogP contribution in [0.5, 0.6) is 17.2 Å². The number of nitrogens with zero attached hydrogens (tertiary/aromatic N) is 1. The number of pyridine rings is 2. The van der Waals surface area contributed by atoms with Crippen molar-refractivity contribution in [1.29, 1.82) is 0 Å². The summed E-state index contributed by atoms with van der Waals surface area (Å²) >= 11 is 0. The summed E-state index contributed by atoms with van der Waals surface area (Å²) in [6, 6.07) is 12.3. The molecule has 2 heterocycles. The standard InChI is InChI=1S/C29H29FN2O6S/c1-5-6-8-21-24(25-22(37-3)9-7-10-23(25)38-4)26(33)27(29(34)32-21)39(35,36)19-13-11-18(12-14-19)20-15-16-31-28(30)17(20)2/h7,9-16H,5-6,8H2,1-4H3,(H2,32,33,34). The van der Waals surface area contributed by atoms with Crippen molar-refractivity contribution in [2.45, 2.75) is 42.9 Å². The van der Waals surface area contributed by atoms with E-state index in [1.54, 1.807) is 31.2 Å². The van der Waals surface area contributed by atoms with E-state index in [1.165, 1.54) is 44.7 Å². The molecule has 39 heavy (non-hydrogen) atoms. The lowest BCUT2D eigenvalue weighted by molar-refractivity contribution is 0.395. The Labute approximate surface area is 226 Å². The molecule has 4 rings (SSSR count). The monoisotopic (exact) mass is 552 g/mol. The van der Waals surface area contributed by atoms with Crippen LogP contribution in [0.4, 0.5) is 4.39 Å². The maximum Gasteiger partial charge on any atom is 0.271 e. The molecule has 0 fully saturated rings. The molecule has 0 saturated carbocycles. The lowest BCUT2D eigenvalue weighted by atomic mass is 9.98. The average Bonchev–Trinajstić information content (AvgIpc) is 2.93. The summed E-state index contributed by atoms with van der Waals surface area (Å²) in [5.74, 6) is -0.643. The van der Waals surface area contributed by atoms with Crippen LogP contribution in [0.3, 0.4) is 0 Å². The lowest BCUT2D eigenvalue weighted by Crippen LogP contribution is -2.21. The van der Waals surface area contributed by atoms with Gasteiger partial charge < -0.3 is 19.6 Å². The molecule has 0 bridgehead atoms. The van der Waals surface area contributed by atoms with Gasteiger partial charge in [0.2, 0.25) is 15.8 Å². The van der Waals surface area contributed by atoms with Crippen molar-refractivity contribution in [3.63, 3.8) is 0 Å². The van der Waals surface area contributed by atoms with Crippen LogP contribution in [0.1, 0.15) is 31.0 Å². The Kier molecular flexibility index (Phi) is 8.06. The number of aryl methyl sites for hydroxylation is 1. The predicted octanol–water partition coefficient (Wildman–Crippen LogP) is 5.45. The zero-order valence-electron chi connectivity index (χ0n) is 22.0. The first kappa shape index (κ1) is 27.8. The summed E-state index contributed by atoms with van der Waals surface area (Å²) in [6.45, 7) is 3.55. The Morgan fingerprint density at radius 3 is 2.23 bits per heavy atom. The molecular weight excluding hydrogens is 523 g/mol. The number of hydrogen-bond acceptors (Lipinski definition) is 7. The molecule has 2 aromatic heterocycles. The maximum atomic E-state index is 13.9. The van der Waals surface area contributed by atoms with E-state index < -0.39 is 32.0 Å². The first-order valence-electron chi connectivity index (χ1n) is 12.3. The summed E-state index contributed by atoms with van der Waals surface area (Å²) in [6.07, 6.45) is 3.20. The smallest absolute Gasteiger partial charge is 0.271 e. The quantitative estimate of drug-likeness (QED) is 0.265. The minimum absolute atomic E-state index is 0.121. The van der Waals surface area contributed by atoms with Crippen molar-refractivity contribution >= 4 is 9.84 Å². The minimum Gasteiger partial charge on any atom is -0.506 e. The number of aromatic amines is 1. The fraction of sp³-hybridized carbons (Fsp3) is 0.241. The summed E-state index contributed by atoms with van der Waals surface area (Å²) in [5.41, 5.74) is 1.32. The number of halogens is 1. The predicted molar refractivity (Wildman–Crippen MR) is 146 cm³/mol. The Morgan fingerprint density at radius 1 is 1.00 bits per heavy atom. The number of sulfone groups is 1. The summed E-state index contributed by atoms with van der Waals surface area (Å²) < 4.78 is 52.5. The number of aromatic hydroxyl groups is 1. The molecular formula is C29H29FN2O6S. The highest BCUT2D eigenvalue weighted by atomic mass is 32.2. The van der Waals surface area contributed by atoms with Crippen LogP contribution < -0.4 is 15.0 Å². The molecule has 2 aromatic carbocycles. The summed E-state index contributed by atoms with van der Waals surface area (Å²) in [7, 11) is -1.59. The van der Waals surface area contributed by atoms with Gasteiger partial charge in [-0.3, -0.25) is 4.79 Å². The molecule has 0 atom stereocenters. The fourth-order valence-electron chi connectivity index (χ4n) is 4.53. The molecule has 204 valence electrons. The zero-order valence-corrected chi connectivity index (χ0v) is 22.9. The molecule has 0 amide bonds. The molecule has 0 aliphatic rings. The van der Waals surface area contributed by atoms with Crippen molar-refractivity contribution in [1.82, 2.24) is 9.97 Å². The number of benzene rings is 2. The van der Waals surface area contributed by atoms with Gasteiger partial charge in [-0.05, 0) is 61.2 Å². The maximum absolute atomic E-state index is 13.9. The van der Waals surface area contributed by atoms with E-state index in [0.717, 1.165) is 6.42 Å². The summed E-state index contributed by atoms with van der Waals surface area (Å²) in [4.78, 5) is 18.5. The van der Waals surface area contributed by atoms with Crippen molar-refractivity contribution in [3.05, 3.63) is 82.3 Å². The molecule has 10 heteroatoms. The number of aromatic nitrogens is 2. The van der Waals surface area contributed by atoms with Gasteiger partial charge in [0.05, 0.1) is 30.2 Å². The normalized spacial score (nSPS) is 11.4. The molecule has 0 unspecified atom stereocenters. The van der Waals surface area contributed by atoms with Crippen LogP contribution in [-0.4, -0.2) is 37.7 Å². The SMILES string of the molecule is CCCCc1[nH]c(=O)c(S(=O)(=O)c2ccc(-c3ccnc(F)c3C)cc2)c(O)c1-c1c(OC)cccc1OC. The van der Waals surface area contributed by atoms with Crippen molar-refractivity contribution in [2.24, 2.45) is 0 Å². The van der Waals surface area contributed by atoms with E-state index in [2.05, 4.69) is 9.97 Å². The third-order valence-corrected chi connectivity index (χ3v) is 8.38. The van der Waals surface area contributed by atoms with Crippen LogP contribution in [0.25, 0.3) is 22.3 Å². The van der Waals surface area contributed by atoms with E-state index in [0.29, 0.717) is 52.3 Å². The van der Waals surface area contributed by atoms with Crippen LogP contribution >= 0.6 is 0 Å². The van der Waals surface area contributed by atoms with Gasteiger partial charge >= 0.3 is 0 Å². The highest BCUT2D eigenvalue weighted by Crippen LogP contribution is 2.46. The van der Waals surface area contributed by atoms with Gasteiger partial charge in [0.15, 0.2) is 4.90 Å². The topological polar surface area (TPSA) is 119 Å². The lowest BCUT2D eigenvalue weighted by Gasteiger charge is -2.19. The number of hydrogen-bond donors (Lipinski definition) is 2. The van der Waals surface area contributed by atoms with Gasteiger partial charge in [0.1, 0.15) is 17.2 Å². The average molecular weight is 553 g/mol. The second-order valence-corrected chi connectivity index (χ2v) is 10.8. The first-order valence-corrected chi connectivity index (χ1v) is 13.8. The van der Waals surface area contributed by atoms with Crippen molar-refractivity contribution in [3.8, 4) is 39.5 Å². The largest absolute Gasteiger partial charge is 0.506 e. The fourth-order valence-corrected chi connectivity index (χ4v) is 5.91. The van der Waals surface area contributed by atoms with Gasteiger partial charge in [0.25, 0.3) is 5.56 Å². The molecule has 0 spiro atoms. The van der Waals surface area contributed by atoms with E-state index in [-0.39, 0.29) is 10.5 Å². The Morgan fingerprint density at radius 2 is 1.64 bits per heavy atom. The Hall–Kier alpha value is -4.18. The molecule has 0 radical (unpaired) electrons. The van der Waals surface area contributed by atoms with Gasteiger partial charge in [-0.15, -0.1) is 0 Å². The molecule has 8 nitrogen and oxygen atoms in total. The summed E-state index contributed by atoms with van der Waals surface area (Å²) in [5, 5.41) is 11.5. The Bertz CT molecular complexity index is 1660. The number of nitrogens with one attached hydrogen (secondary N) is 1. The van der Waals surface area contributed by atoms with E-state index in [4.69, 9.17) is 9.47 Å². The van der Waals surface area contributed by atoms with E-state index in [9.17, 15) is 22.7 Å². The van der Waals surface area contributed by atoms with E-state index in [1.807, 2.05) is 6.92 Å². The number of rotatable bonds is 9. The number of H-pyrrole nitrogens is 1. The third-order valence-electron chi connectivity index (χ3n) is 6.57. The Balaban J connectivity index is 1.93. The van der Waals surface area contributed by atoms with Gasteiger partial charge in [-0.25, -0.2) is 13.4 Å². The molecule has 4 aromatic rings. The molecule has 0 aliphatic heterocycles. The van der Waals surface area contributed by atoms with E-state index >= 15 is 0 Å². The van der Waals surface area contributed by atoms with Crippen LogP contribution in [0, 0.1) is 12.9 Å². The zero-order chi connectivity index (χ0) is 28.3. The first-order chi connectivity index (χ1) is 18.6. The molecule has 2 N–H and O–H groups in total. The van der Waals surface area contributed by atoms with Crippen LogP contribution in [0.2, 0.25) is 0 Å². The van der Waals surface area contributed by atoms with Gasteiger partial charge in [-0.1, -0.05) is 31.5 Å². The molecule has 0 saturated heterocycles. The van der Waals surface area contributed by atoms with Crippen molar-refractivity contribution in [2.75, 3.05) is 14.2 Å².